The fraction of sp³-hybridized carbons (Fsp3) is 0.588. The van der Waals surface area contributed by atoms with Crippen LogP contribution in [0.15, 0.2) is 24.3 Å². The maximum Gasteiger partial charge on any atom is 0.315 e. The van der Waals surface area contributed by atoms with Gasteiger partial charge in [0, 0.05) is 12.6 Å². The molecule has 0 radical (unpaired) electrons. The first-order valence-corrected chi connectivity index (χ1v) is 9.82. The molecule has 2 rings (SSSR count). The standard InChI is InChI=1S/C17H26N2O3S/c1-17(2,3)14-6-4-13(5-7-14)8-10-18-16(20)19-15-9-11-23(21,22)12-15/h4-7,15H,8-12H2,1-3H3,(H2,18,19,20). The van der Waals surface area contributed by atoms with E-state index in [1.807, 2.05) is 0 Å². The first-order valence-electron chi connectivity index (χ1n) is 8.00. The Hall–Kier alpha value is -1.56. The van der Waals surface area contributed by atoms with E-state index in [1.165, 1.54) is 11.1 Å². The fourth-order valence-electron chi connectivity index (χ4n) is 2.64. The Kier molecular flexibility index (Phi) is 5.34. The molecule has 1 unspecified atom stereocenters. The molecule has 1 aromatic carbocycles. The summed E-state index contributed by atoms with van der Waals surface area (Å²) in [5, 5.41) is 5.51. The zero-order chi connectivity index (χ0) is 17.1. The molecule has 2 amide bonds. The summed E-state index contributed by atoms with van der Waals surface area (Å²) in [4.78, 5) is 11.8. The Morgan fingerprint density at radius 1 is 1.22 bits per heavy atom. The molecule has 0 aliphatic carbocycles. The van der Waals surface area contributed by atoms with E-state index in [0.29, 0.717) is 13.0 Å². The highest BCUT2D eigenvalue weighted by atomic mass is 32.2. The predicted octanol–water partition coefficient (Wildman–Crippen LogP) is 2.01. The third-order valence-electron chi connectivity index (χ3n) is 4.09. The average molecular weight is 338 g/mol. The second kappa shape index (κ2) is 6.91. The van der Waals surface area contributed by atoms with Gasteiger partial charge in [-0.1, -0.05) is 45.0 Å². The Morgan fingerprint density at radius 2 is 1.87 bits per heavy atom. The molecule has 128 valence electrons. The number of nitrogens with one attached hydrogen (secondary N) is 2. The minimum Gasteiger partial charge on any atom is -0.338 e. The number of amides is 2. The number of urea groups is 1. The molecule has 1 fully saturated rings. The van der Waals surface area contributed by atoms with Crippen molar-refractivity contribution < 1.29 is 13.2 Å². The minimum absolute atomic E-state index is 0.0503. The Balaban J connectivity index is 1.73. The van der Waals surface area contributed by atoms with Gasteiger partial charge in [-0.15, -0.1) is 0 Å². The van der Waals surface area contributed by atoms with Crippen LogP contribution in [0.1, 0.15) is 38.3 Å². The highest BCUT2D eigenvalue weighted by Gasteiger charge is 2.28. The number of sulfone groups is 1. The van der Waals surface area contributed by atoms with Crippen molar-refractivity contribution in [3.05, 3.63) is 35.4 Å². The smallest absolute Gasteiger partial charge is 0.315 e. The molecule has 0 spiro atoms. The van der Waals surface area contributed by atoms with Crippen molar-refractivity contribution in [1.82, 2.24) is 10.6 Å². The summed E-state index contributed by atoms with van der Waals surface area (Å²) >= 11 is 0. The average Bonchev–Trinajstić information content (AvgIpc) is 2.77. The lowest BCUT2D eigenvalue weighted by Crippen LogP contribution is -2.43. The third-order valence-corrected chi connectivity index (χ3v) is 5.85. The summed E-state index contributed by atoms with van der Waals surface area (Å²) in [7, 11) is -2.96. The van der Waals surface area contributed by atoms with E-state index in [4.69, 9.17) is 0 Å². The van der Waals surface area contributed by atoms with Gasteiger partial charge in [-0.25, -0.2) is 13.2 Å². The highest BCUT2D eigenvalue weighted by Crippen LogP contribution is 2.22. The molecule has 1 heterocycles. The van der Waals surface area contributed by atoms with Crippen molar-refractivity contribution >= 4 is 15.9 Å². The number of carbonyl (C=O) groups excluding carboxylic acids is 1. The molecule has 1 aliphatic rings. The van der Waals surface area contributed by atoms with Gasteiger partial charge in [0.05, 0.1) is 11.5 Å². The second-order valence-corrected chi connectivity index (χ2v) is 9.43. The van der Waals surface area contributed by atoms with E-state index < -0.39 is 9.84 Å². The van der Waals surface area contributed by atoms with Gasteiger partial charge >= 0.3 is 6.03 Å². The van der Waals surface area contributed by atoms with Crippen LogP contribution in [0.25, 0.3) is 0 Å². The predicted molar refractivity (Wildman–Crippen MR) is 92.4 cm³/mol. The lowest BCUT2D eigenvalue weighted by atomic mass is 9.86. The zero-order valence-corrected chi connectivity index (χ0v) is 14.9. The van der Waals surface area contributed by atoms with Crippen LogP contribution in [0.4, 0.5) is 4.79 Å². The molecular weight excluding hydrogens is 312 g/mol. The minimum atomic E-state index is -2.96. The van der Waals surface area contributed by atoms with Crippen LogP contribution >= 0.6 is 0 Å². The van der Waals surface area contributed by atoms with Crippen molar-refractivity contribution in [3.8, 4) is 0 Å². The first kappa shape index (κ1) is 17.8. The van der Waals surface area contributed by atoms with Crippen LogP contribution < -0.4 is 10.6 Å². The van der Waals surface area contributed by atoms with Gasteiger partial charge in [0.25, 0.3) is 0 Å². The van der Waals surface area contributed by atoms with Crippen LogP contribution in [0.5, 0.6) is 0 Å². The Bertz CT molecular complexity index is 645. The molecule has 0 bridgehead atoms. The van der Waals surface area contributed by atoms with Crippen molar-refractivity contribution in [2.24, 2.45) is 0 Å². The molecule has 2 N–H and O–H groups in total. The van der Waals surface area contributed by atoms with Crippen LogP contribution in [0.3, 0.4) is 0 Å². The first-order chi connectivity index (χ1) is 10.7. The molecule has 23 heavy (non-hydrogen) atoms. The third kappa shape index (κ3) is 5.53. The SMILES string of the molecule is CC(C)(C)c1ccc(CCNC(=O)NC2CCS(=O)(=O)C2)cc1. The van der Waals surface area contributed by atoms with E-state index in [-0.39, 0.29) is 29.0 Å². The van der Waals surface area contributed by atoms with Crippen LogP contribution in [-0.4, -0.2) is 38.5 Å². The van der Waals surface area contributed by atoms with Crippen molar-refractivity contribution in [2.75, 3.05) is 18.1 Å². The molecule has 1 saturated heterocycles. The summed E-state index contributed by atoms with van der Waals surface area (Å²) < 4.78 is 22.7. The van der Waals surface area contributed by atoms with E-state index in [2.05, 4.69) is 55.7 Å². The number of hydrogen-bond donors (Lipinski definition) is 2. The molecule has 0 saturated carbocycles. The number of benzene rings is 1. The summed E-state index contributed by atoms with van der Waals surface area (Å²) in [6, 6.07) is 7.87. The number of rotatable bonds is 4. The van der Waals surface area contributed by atoms with Gasteiger partial charge in [-0.2, -0.15) is 0 Å². The molecular formula is C17H26N2O3S. The molecule has 0 aromatic heterocycles. The van der Waals surface area contributed by atoms with E-state index in [1.54, 1.807) is 0 Å². The topological polar surface area (TPSA) is 75.3 Å². The maximum atomic E-state index is 11.8. The largest absolute Gasteiger partial charge is 0.338 e. The van der Waals surface area contributed by atoms with Crippen LogP contribution in [0.2, 0.25) is 0 Å². The lowest BCUT2D eigenvalue weighted by Gasteiger charge is -2.19. The van der Waals surface area contributed by atoms with E-state index in [9.17, 15) is 13.2 Å². The van der Waals surface area contributed by atoms with Gasteiger partial charge in [-0.3, -0.25) is 0 Å². The summed E-state index contributed by atoms with van der Waals surface area (Å²) in [6.07, 6.45) is 1.25. The van der Waals surface area contributed by atoms with Gasteiger partial charge < -0.3 is 10.6 Å². The van der Waals surface area contributed by atoms with Crippen molar-refractivity contribution in [2.45, 2.75) is 45.1 Å². The number of hydrogen-bond acceptors (Lipinski definition) is 3. The molecule has 1 aliphatic heterocycles. The van der Waals surface area contributed by atoms with E-state index >= 15 is 0 Å². The molecule has 5 nitrogen and oxygen atoms in total. The molecule has 1 aromatic rings. The van der Waals surface area contributed by atoms with Gasteiger partial charge in [0.15, 0.2) is 9.84 Å². The summed E-state index contributed by atoms with van der Waals surface area (Å²) in [5.74, 6) is 0.215. The van der Waals surface area contributed by atoms with Crippen LogP contribution in [0, 0.1) is 0 Å². The number of carbonyl (C=O) groups is 1. The zero-order valence-electron chi connectivity index (χ0n) is 14.1. The summed E-state index contributed by atoms with van der Waals surface area (Å²) in [5.41, 5.74) is 2.59. The summed E-state index contributed by atoms with van der Waals surface area (Å²) in [6.45, 7) is 7.06. The van der Waals surface area contributed by atoms with Crippen molar-refractivity contribution in [3.63, 3.8) is 0 Å². The second-order valence-electron chi connectivity index (χ2n) is 7.20. The monoisotopic (exact) mass is 338 g/mol. The quantitative estimate of drug-likeness (QED) is 0.882. The van der Waals surface area contributed by atoms with Crippen molar-refractivity contribution in [1.29, 1.82) is 0 Å². The lowest BCUT2D eigenvalue weighted by molar-refractivity contribution is 0.238. The van der Waals surface area contributed by atoms with Gasteiger partial charge in [0.2, 0.25) is 0 Å². The Morgan fingerprint density at radius 3 is 2.39 bits per heavy atom. The van der Waals surface area contributed by atoms with Gasteiger partial charge in [-0.05, 0) is 29.4 Å². The molecule has 1 atom stereocenters. The Labute approximate surface area is 138 Å². The normalized spacial score (nSPS) is 20.2. The fourth-order valence-corrected chi connectivity index (χ4v) is 4.31. The maximum absolute atomic E-state index is 11.8. The van der Waals surface area contributed by atoms with E-state index in [0.717, 1.165) is 6.42 Å². The van der Waals surface area contributed by atoms with Crippen LogP contribution in [-0.2, 0) is 21.7 Å². The highest BCUT2D eigenvalue weighted by molar-refractivity contribution is 7.91. The van der Waals surface area contributed by atoms with Gasteiger partial charge in [0.1, 0.15) is 0 Å². The molecule has 6 heteroatoms.